The molecule has 0 aromatic carbocycles. The van der Waals surface area contributed by atoms with Crippen LogP contribution in [-0.2, 0) is 34.2 Å². The summed E-state index contributed by atoms with van der Waals surface area (Å²) in [5, 5.41) is 0. The third-order valence-electron chi connectivity index (χ3n) is 1.87. The summed E-state index contributed by atoms with van der Waals surface area (Å²) >= 11 is 0. The van der Waals surface area contributed by atoms with E-state index in [0.717, 1.165) is 11.4 Å². The van der Waals surface area contributed by atoms with Gasteiger partial charge >= 0.3 is 21.1 Å². The molecule has 7 heteroatoms. The Balaban J connectivity index is -0.000000233. The van der Waals surface area contributed by atoms with E-state index < -0.39 is 0 Å². The minimum absolute atomic E-state index is 0. The summed E-state index contributed by atoms with van der Waals surface area (Å²) in [6, 6.07) is 11.4. The molecule has 19 heavy (non-hydrogen) atoms. The van der Waals surface area contributed by atoms with Crippen molar-refractivity contribution in [3.8, 4) is 0 Å². The Bertz CT molecular complexity index is 350. The van der Waals surface area contributed by atoms with Crippen LogP contribution in [0.1, 0.15) is 11.4 Å². The third-order valence-corrected chi connectivity index (χ3v) is 1.87. The zero-order valence-electron chi connectivity index (χ0n) is 10.2. The second-order valence-corrected chi connectivity index (χ2v) is 3.05. The Labute approximate surface area is 149 Å². The van der Waals surface area contributed by atoms with E-state index in [9.17, 15) is 0 Å². The van der Waals surface area contributed by atoms with Crippen molar-refractivity contribution in [3.05, 3.63) is 60.2 Å². The first kappa shape index (κ1) is 23.9. The van der Waals surface area contributed by atoms with Gasteiger partial charge in [-0.3, -0.25) is 9.97 Å². The van der Waals surface area contributed by atoms with Crippen LogP contribution in [0.4, 0.5) is 0 Å². The monoisotopic (exact) mass is 569 g/mol. The van der Waals surface area contributed by atoms with Crippen molar-refractivity contribution < 1.29 is 55.0 Å². The van der Waals surface area contributed by atoms with Gasteiger partial charge in [0.15, 0.2) is 0 Å². The molecule has 0 amide bonds. The molecular formula is C12H16Br2N4Pt+2. The van der Waals surface area contributed by atoms with Crippen LogP contribution < -0.4 is 45.4 Å². The minimum Gasteiger partial charge on any atom is -1.00 e. The normalized spacial score (nSPS) is 7.68. The standard InChI is InChI=1S/2C6H8N2.2BrH.Pt/c2*7-5-6-3-1-2-4-8-6;;;/h2*1-4H,5,7H2;2*1H;/q;;;;+4/p-2. The Hall–Kier alpha value is -0.132. The summed E-state index contributed by atoms with van der Waals surface area (Å²) in [6.07, 6.45) is 3.48. The number of hydrogen-bond donors (Lipinski definition) is 2. The molecule has 0 spiro atoms. The van der Waals surface area contributed by atoms with Gasteiger partial charge in [0.1, 0.15) is 0 Å². The zero-order chi connectivity index (χ0) is 11.6. The molecular weight excluding hydrogens is 555 g/mol. The van der Waals surface area contributed by atoms with Crippen LogP contribution in [0.25, 0.3) is 0 Å². The maximum atomic E-state index is 5.29. The molecule has 0 aliphatic rings. The van der Waals surface area contributed by atoms with E-state index in [1.807, 2.05) is 36.4 Å². The first-order valence-electron chi connectivity index (χ1n) is 5.06. The van der Waals surface area contributed by atoms with E-state index in [4.69, 9.17) is 11.5 Å². The fraction of sp³-hybridized carbons (Fsp3) is 0.167. The smallest absolute Gasteiger partial charge is 1.00 e. The summed E-state index contributed by atoms with van der Waals surface area (Å²) in [4.78, 5) is 7.94. The molecule has 2 aromatic heterocycles. The molecule has 0 aliphatic carbocycles. The van der Waals surface area contributed by atoms with Gasteiger partial charge in [-0.05, 0) is 24.3 Å². The maximum Gasteiger partial charge on any atom is 4.00 e. The summed E-state index contributed by atoms with van der Waals surface area (Å²) in [7, 11) is 0. The summed E-state index contributed by atoms with van der Waals surface area (Å²) in [5.41, 5.74) is 12.4. The van der Waals surface area contributed by atoms with E-state index in [1.165, 1.54) is 0 Å². The molecule has 0 fully saturated rings. The largest absolute Gasteiger partial charge is 4.00 e. The number of aromatic nitrogens is 2. The van der Waals surface area contributed by atoms with Crippen LogP contribution >= 0.6 is 0 Å². The molecule has 0 atom stereocenters. The van der Waals surface area contributed by atoms with Gasteiger partial charge in [-0.1, -0.05) is 12.1 Å². The maximum absolute atomic E-state index is 5.29. The predicted octanol–water partition coefficient (Wildman–Crippen LogP) is -4.91. The van der Waals surface area contributed by atoms with Gasteiger partial charge in [0, 0.05) is 25.5 Å². The molecule has 0 unspecified atom stereocenters. The van der Waals surface area contributed by atoms with E-state index >= 15 is 0 Å². The fourth-order valence-corrected chi connectivity index (χ4v) is 1.04. The van der Waals surface area contributed by atoms with Crippen LogP contribution in [0, 0.1) is 0 Å². The van der Waals surface area contributed by atoms with Crippen molar-refractivity contribution in [1.82, 2.24) is 9.97 Å². The van der Waals surface area contributed by atoms with Gasteiger partial charge in [-0.2, -0.15) is 0 Å². The fourth-order valence-electron chi connectivity index (χ4n) is 1.04. The molecule has 0 aliphatic heterocycles. The topological polar surface area (TPSA) is 77.8 Å². The molecule has 4 nitrogen and oxygen atoms in total. The van der Waals surface area contributed by atoms with Crippen molar-refractivity contribution in [2.45, 2.75) is 13.1 Å². The van der Waals surface area contributed by atoms with Crippen molar-refractivity contribution >= 4 is 0 Å². The number of rotatable bonds is 2. The molecule has 2 aromatic rings. The number of halogens is 2. The number of nitrogens with two attached hydrogens (primary N) is 2. The summed E-state index contributed by atoms with van der Waals surface area (Å²) in [6.45, 7) is 1.06. The Morgan fingerprint density at radius 2 is 1.11 bits per heavy atom. The first-order chi connectivity index (χ1) is 7.86. The Morgan fingerprint density at radius 3 is 1.26 bits per heavy atom. The molecule has 0 saturated heterocycles. The van der Waals surface area contributed by atoms with Crippen LogP contribution in [0.5, 0.6) is 0 Å². The molecule has 0 saturated carbocycles. The van der Waals surface area contributed by atoms with Gasteiger partial charge in [-0.25, -0.2) is 0 Å². The molecule has 2 rings (SSSR count). The SMILES string of the molecule is NCc1ccccn1.NCc1ccccn1.[Br-].[Br-].[Pt+4]. The van der Waals surface area contributed by atoms with Gasteiger partial charge in [0.05, 0.1) is 11.4 Å². The minimum atomic E-state index is 0. The Morgan fingerprint density at radius 1 is 0.737 bits per heavy atom. The van der Waals surface area contributed by atoms with Gasteiger partial charge in [-0.15, -0.1) is 0 Å². The molecule has 106 valence electrons. The van der Waals surface area contributed by atoms with Crippen LogP contribution in [0.3, 0.4) is 0 Å². The van der Waals surface area contributed by atoms with Crippen molar-refractivity contribution in [2.24, 2.45) is 11.5 Å². The van der Waals surface area contributed by atoms with Gasteiger partial charge in [0.2, 0.25) is 0 Å². The van der Waals surface area contributed by atoms with Crippen LogP contribution in [0.15, 0.2) is 48.8 Å². The van der Waals surface area contributed by atoms with E-state index in [2.05, 4.69) is 9.97 Å². The Kier molecular flexibility index (Phi) is 20.1. The zero-order valence-corrected chi connectivity index (χ0v) is 15.6. The van der Waals surface area contributed by atoms with E-state index in [0.29, 0.717) is 13.1 Å². The van der Waals surface area contributed by atoms with Gasteiger partial charge in [0.25, 0.3) is 0 Å². The number of pyridine rings is 2. The molecule has 0 radical (unpaired) electrons. The summed E-state index contributed by atoms with van der Waals surface area (Å²) in [5.74, 6) is 0. The molecule has 4 N–H and O–H groups in total. The number of hydrogen-bond acceptors (Lipinski definition) is 4. The second-order valence-electron chi connectivity index (χ2n) is 3.05. The quantitative estimate of drug-likeness (QED) is 0.380. The summed E-state index contributed by atoms with van der Waals surface area (Å²) < 4.78 is 0. The molecule has 0 bridgehead atoms. The second kappa shape index (κ2) is 15.9. The third kappa shape index (κ3) is 11.4. The predicted molar refractivity (Wildman–Crippen MR) is 64.3 cm³/mol. The molecule has 2 heterocycles. The van der Waals surface area contributed by atoms with Crippen molar-refractivity contribution in [1.29, 1.82) is 0 Å². The first-order valence-corrected chi connectivity index (χ1v) is 5.06. The van der Waals surface area contributed by atoms with E-state index in [-0.39, 0.29) is 55.0 Å². The average molecular weight is 571 g/mol. The van der Waals surface area contributed by atoms with E-state index in [1.54, 1.807) is 12.4 Å². The van der Waals surface area contributed by atoms with Gasteiger partial charge < -0.3 is 45.4 Å². The average Bonchev–Trinajstić information content (AvgIpc) is 2.41. The van der Waals surface area contributed by atoms with Crippen LogP contribution in [-0.4, -0.2) is 9.97 Å². The number of nitrogens with zero attached hydrogens (tertiary/aromatic N) is 2. The van der Waals surface area contributed by atoms with Crippen LogP contribution in [0.2, 0.25) is 0 Å². The van der Waals surface area contributed by atoms with Crippen molar-refractivity contribution in [3.63, 3.8) is 0 Å². The van der Waals surface area contributed by atoms with Crippen molar-refractivity contribution in [2.75, 3.05) is 0 Å².